The van der Waals surface area contributed by atoms with Crippen molar-refractivity contribution < 1.29 is 9.18 Å². The van der Waals surface area contributed by atoms with E-state index >= 15 is 0 Å². The molecule has 0 spiro atoms. The van der Waals surface area contributed by atoms with Gasteiger partial charge in [0.2, 0.25) is 6.08 Å². The number of aliphatic imine (C=N–C) groups is 1. The quantitative estimate of drug-likeness (QED) is 0.602. The van der Waals surface area contributed by atoms with Crippen molar-refractivity contribution in [3.63, 3.8) is 0 Å². The Bertz CT molecular complexity index is 435. The Morgan fingerprint density at radius 3 is 2.86 bits per heavy atom. The Morgan fingerprint density at radius 2 is 2.29 bits per heavy atom. The van der Waals surface area contributed by atoms with Crippen LogP contribution in [-0.4, -0.2) is 6.08 Å². The molecule has 1 atom stereocenters. The average Bonchev–Trinajstić information content (AvgIpc) is 2.18. The summed E-state index contributed by atoms with van der Waals surface area (Å²) in [6.45, 7) is 0. The molecule has 3 nitrogen and oxygen atoms in total. The number of isocyanates is 1. The van der Waals surface area contributed by atoms with Gasteiger partial charge in [0.05, 0.1) is 6.07 Å². The number of hydrogen-bond acceptors (Lipinski definition) is 3. The lowest BCUT2D eigenvalue weighted by Gasteiger charge is -2.04. The summed E-state index contributed by atoms with van der Waals surface area (Å²) in [5.74, 6) is -0.482. The van der Waals surface area contributed by atoms with Gasteiger partial charge in [0.25, 0.3) is 0 Å². The van der Waals surface area contributed by atoms with Crippen molar-refractivity contribution in [2.75, 3.05) is 0 Å². The molecule has 0 heterocycles. The molecule has 1 aromatic rings. The second kappa shape index (κ2) is 4.66. The van der Waals surface area contributed by atoms with Gasteiger partial charge in [-0.2, -0.15) is 10.3 Å². The maximum Gasteiger partial charge on any atom is 0.236 e. The van der Waals surface area contributed by atoms with Gasteiger partial charge in [-0.15, -0.1) is 0 Å². The van der Waals surface area contributed by atoms with Gasteiger partial charge in [-0.05, 0) is 18.2 Å². The first-order chi connectivity index (χ1) is 6.69. The van der Waals surface area contributed by atoms with Crippen molar-refractivity contribution in [2.45, 2.75) is 6.04 Å². The van der Waals surface area contributed by atoms with Gasteiger partial charge >= 0.3 is 0 Å². The first-order valence-corrected chi connectivity index (χ1v) is 4.40. The standard InChI is InChI=1S/C9H4BrFN2O/c10-8-2-1-6(11)3-7(8)9(4-12)13-5-14/h1-3,9H. The van der Waals surface area contributed by atoms with E-state index < -0.39 is 11.9 Å². The van der Waals surface area contributed by atoms with Crippen LogP contribution < -0.4 is 0 Å². The summed E-state index contributed by atoms with van der Waals surface area (Å²) >= 11 is 3.13. The molecular weight excluding hydrogens is 251 g/mol. The number of carbonyl (C=O) groups excluding carboxylic acids is 1. The molecule has 0 aliphatic heterocycles. The molecule has 0 saturated heterocycles. The Kier molecular flexibility index (Phi) is 3.52. The molecule has 70 valence electrons. The lowest BCUT2D eigenvalue weighted by molar-refractivity contribution is 0.561. The molecule has 1 aromatic carbocycles. The summed E-state index contributed by atoms with van der Waals surface area (Å²) in [4.78, 5) is 13.2. The van der Waals surface area contributed by atoms with E-state index in [0.29, 0.717) is 10.0 Å². The molecule has 5 heteroatoms. The molecular formula is C9H4BrFN2O. The monoisotopic (exact) mass is 254 g/mol. The lowest BCUT2D eigenvalue weighted by atomic mass is 10.1. The smallest absolute Gasteiger partial charge is 0.211 e. The number of nitrogens with zero attached hydrogens (tertiary/aromatic N) is 2. The SMILES string of the molecule is N#CC(N=C=O)c1cc(F)ccc1Br. The highest BCUT2D eigenvalue weighted by molar-refractivity contribution is 9.10. The van der Waals surface area contributed by atoms with Gasteiger partial charge < -0.3 is 0 Å². The van der Waals surface area contributed by atoms with Gasteiger partial charge in [0.1, 0.15) is 5.82 Å². The van der Waals surface area contributed by atoms with Gasteiger partial charge in [0, 0.05) is 10.0 Å². The van der Waals surface area contributed by atoms with Crippen LogP contribution in [0.25, 0.3) is 0 Å². The predicted octanol–water partition coefficient (Wildman–Crippen LogP) is 2.49. The Labute approximate surface area is 88.0 Å². The molecule has 0 radical (unpaired) electrons. The third-order valence-electron chi connectivity index (χ3n) is 1.56. The lowest BCUT2D eigenvalue weighted by Crippen LogP contribution is -1.94. The minimum atomic E-state index is -1.02. The van der Waals surface area contributed by atoms with Crippen molar-refractivity contribution >= 4 is 22.0 Å². The molecule has 0 fully saturated rings. The average molecular weight is 255 g/mol. The minimum Gasteiger partial charge on any atom is -0.211 e. The maximum atomic E-state index is 12.8. The van der Waals surface area contributed by atoms with Crippen LogP contribution in [-0.2, 0) is 4.79 Å². The molecule has 1 unspecified atom stereocenters. The fourth-order valence-electron chi connectivity index (χ4n) is 0.945. The van der Waals surface area contributed by atoms with Crippen molar-refractivity contribution in [1.29, 1.82) is 5.26 Å². The van der Waals surface area contributed by atoms with E-state index in [4.69, 9.17) is 5.26 Å². The molecule has 0 bridgehead atoms. The van der Waals surface area contributed by atoms with E-state index in [0.717, 1.165) is 6.07 Å². The topological polar surface area (TPSA) is 53.2 Å². The second-order valence-electron chi connectivity index (χ2n) is 2.42. The molecule has 14 heavy (non-hydrogen) atoms. The van der Waals surface area contributed by atoms with Gasteiger partial charge in [0.15, 0.2) is 6.04 Å². The molecule has 0 N–H and O–H groups in total. The number of hydrogen-bond donors (Lipinski definition) is 0. The highest BCUT2D eigenvalue weighted by Gasteiger charge is 2.13. The van der Waals surface area contributed by atoms with Crippen LogP contribution in [0.1, 0.15) is 11.6 Å². The summed E-state index contributed by atoms with van der Waals surface area (Å²) in [5.41, 5.74) is 0.316. The van der Waals surface area contributed by atoms with Crippen molar-refractivity contribution in [1.82, 2.24) is 0 Å². The highest BCUT2D eigenvalue weighted by Crippen LogP contribution is 2.26. The molecule has 0 aromatic heterocycles. The van der Waals surface area contributed by atoms with Crippen LogP contribution in [0.3, 0.4) is 0 Å². The first-order valence-electron chi connectivity index (χ1n) is 3.60. The van der Waals surface area contributed by atoms with Crippen LogP contribution in [0.4, 0.5) is 4.39 Å². The summed E-state index contributed by atoms with van der Waals surface area (Å²) in [6, 6.07) is 4.59. The fourth-order valence-corrected chi connectivity index (χ4v) is 1.41. The summed E-state index contributed by atoms with van der Waals surface area (Å²) in [5, 5.41) is 8.66. The van der Waals surface area contributed by atoms with Crippen LogP contribution in [0.5, 0.6) is 0 Å². The molecule has 0 saturated carbocycles. The van der Waals surface area contributed by atoms with Crippen molar-refractivity contribution in [3.05, 3.63) is 34.1 Å². The Morgan fingerprint density at radius 1 is 1.57 bits per heavy atom. The zero-order valence-electron chi connectivity index (χ0n) is 6.87. The van der Waals surface area contributed by atoms with E-state index in [1.807, 2.05) is 0 Å². The third kappa shape index (κ3) is 2.25. The Hall–Kier alpha value is -1.50. The van der Waals surface area contributed by atoms with Crippen molar-refractivity contribution in [3.8, 4) is 6.07 Å². The van der Waals surface area contributed by atoms with Crippen LogP contribution in [0.15, 0.2) is 27.7 Å². The zero-order chi connectivity index (χ0) is 10.6. The molecule has 1 rings (SSSR count). The van der Waals surface area contributed by atoms with E-state index in [1.54, 1.807) is 6.07 Å². The van der Waals surface area contributed by atoms with Crippen LogP contribution >= 0.6 is 15.9 Å². The number of rotatable bonds is 2. The summed E-state index contributed by atoms with van der Waals surface area (Å²) < 4.78 is 13.3. The van der Waals surface area contributed by atoms with Crippen LogP contribution in [0.2, 0.25) is 0 Å². The van der Waals surface area contributed by atoms with Crippen LogP contribution in [0, 0.1) is 17.1 Å². The number of benzene rings is 1. The number of nitriles is 1. The third-order valence-corrected chi connectivity index (χ3v) is 2.28. The maximum absolute atomic E-state index is 12.8. The van der Waals surface area contributed by atoms with E-state index in [1.165, 1.54) is 18.2 Å². The largest absolute Gasteiger partial charge is 0.236 e. The van der Waals surface area contributed by atoms with Gasteiger partial charge in [-0.3, -0.25) is 0 Å². The molecule has 0 amide bonds. The minimum absolute atomic E-state index is 0.316. The van der Waals surface area contributed by atoms with Gasteiger partial charge in [-0.1, -0.05) is 15.9 Å². The Balaban J connectivity index is 3.23. The normalized spacial score (nSPS) is 11.2. The summed E-state index contributed by atoms with van der Waals surface area (Å²) in [7, 11) is 0. The highest BCUT2D eigenvalue weighted by atomic mass is 79.9. The molecule has 0 aliphatic carbocycles. The fraction of sp³-hybridized carbons (Fsp3) is 0.111. The zero-order valence-corrected chi connectivity index (χ0v) is 8.45. The van der Waals surface area contributed by atoms with E-state index in [9.17, 15) is 9.18 Å². The number of halogens is 2. The van der Waals surface area contributed by atoms with E-state index in [-0.39, 0.29) is 0 Å². The molecule has 0 aliphatic rings. The predicted molar refractivity (Wildman–Crippen MR) is 50.6 cm³/mol. The van der Waals surface area contributed by atoms with E-state index in [2.05, 4.69) is 20.9 Å². The summed E-state index contributed by atoms with van der Waals surface area (Å²) in [6.07, 6.45) is 1.27. The van der Waals surface area contributed by atoms with Crippen molar-refractivity contribution in [2.24, 2.45) is 4.99 Å². The van der Waals surface area contributed by atoms with Gasteiger partial charge in [-0.25, -0.2) is 9.18 Å². The second-order valence-corrected chi connectivity index (χ2v) is 3.27. The first kappa shape index (κ1) is 10.6.